The highest BCUT2D eigenvalue weighted by molar-refractivity contribution is 6.30. The number of aromatic nitrogens is 1. The molecule has 0 aliphatic rings. The van der Waals surface area contributed by atoms with Crippen LogP contribution in [0.2, 0.25) is 5.02 Å². The fraction of sp³-hybridized carbons (Fsp3) is 0.188. The van der Waals surface area contributed by atoms with Crippen LogP contribution in [0.4, 0.5) is 0 Å². The molecular formula is C16H14ClN3O. The fourth-order valence-corrected chi connectivity index (χ4v) is 2.17. The summed E-state index contributed by atoms with van der Waals surface area (Å²) in [6.07, 6.45) is 0. The molecule has 0 atom stereocenters. The lowest BCUT2D eigenvalue weighted by Crippen LogP contribution is -2.23. The topological polar surface area (TPSA) is 58.1 Å². The number of rotatable bonds is 2. The van der Waals surface area contributed by atoms with E-state index < -0.39 is 5.56 Å². The predicted molar refractivity (Wildman–Crippen MR) is 84.0 cm³/mol. The van der Waals surface area contributed by atoms with Crippen LogP contribution in [0.5, 0.6) is 0 Å². The lowest BCUT2D eigenvalue weighted by molar-refractivity contribution is 0.781. The van der Waals surface area contributed by atoms with Gasteiger partial charge in [-0.3, -0.25) is 4.79 Å². The van der Waals surface area contributed by atoms with Gasteiger partial charge in [0.15, 0.2) is 0 Å². The minimum absolute atomic E-state index is 0.119. The van der Waals surface area contributed by atoms with Crippen LogP contribution in [-0.4, -0.2) is 10.4 Å². The molecule has 2 aromatic rings. The van der Waals surface area contributed by atoms with Crippen molar-refractivity contribution < 1.29 is 0 Å². The Labute approximate surface area is 127 Å². The van der Waals surface area contributed by atoms with E-state index in [0.717, 1.165) is 5.56 Å². The van der Waals surface area contributed by atoms with Crippen molar-refractivity contribution in [2.75, 3.05) is 0 Å². The molecule has 0 radical (unpaired) electrons. The number of halogens is 1. The van der Waals surface area contributed by atoms with Gasteiger partial charge in [0.1, 0.15) is 11.6 Å². The first kappa shape index (κ1) is 15.0. The first-order valence-corrected chi connectivity index (χ1v) is 6.76. The van der Waals surface area contributed by atoms with Gasteiger partial charge in [0, 0.05) is 10.7 Å². The predicted octanol–water partition coefficient (Wildman–Crippen LogP) is 3.26. The molecule has 0 saturated heterocycles. The van der Waals surface area contributed by atoms with Gasteiger partial charge in [-0.2, -0.15) is 10.4 Å². The molecule has 0 aliphatic carbocycles. The molecule has 2 rings (SSSR count). The third-order valence-electron chi connectivity index (χ3n) is 3.18. The Balaban J connectivity index is 2.58. The minimum Gasteiger partial charge on any atom is -0.266 e. The zero-order valence-corrected chi connectivity index (χ0v) is 12.8. The molecule has 0 N–H and O–H groups in total. The van der Waals surface area contributed by atoms with Gasteiger partial charge in [0.05, 0.1) is 5.71 Å². The van der Waals surface area contributed by atoms with Crippen molar-refractivity contribution in [2.45, 2.75) is 20.8 Å². The zero-order chi connectivity index (χ0) is 15.6. The van der Waals surface area contributed by atoms with Crippen LogP contribution >= 0.6 is 11.6 Å². The number of hydrogen-bond acceptors (Lipinski definition) is 3. The summed E-state index contributed by atoms with van der Waals surface area (Å²) in [5.74, 6) is 0. The number of benzene rings is 1. The van der Waals surface area contributed by atoms with E-state index in [2.05, 4.69) is 5.10 Å². The van der Waals surface area contributed by atoms with Gasteiger partial charge in [0.25, 0.3) is 5.56 Å². The molecule has 0 spiro atoms. The monoisotopic (exact) mass is 299 g/mol. The Morgan fingerprint density at radius 1 is 1.29 bits per heavy atom. The summed E-state index contributed by atoms with van der Waals surface area (Å²) in [5.41, 5.74) is 2.60. The Kier molecular flexibility index (Phi) is 4.25. The first-order chi connectivity index (χ1) is 9.93. The van der Waals surface area contributed by atoms with E-state index in [4.69, 9.17) is 16.9 Å². The van der Waals surface area contributed by atoms with Crippen molar-refractivity contribution in [1.82, 2.24) is 4.68 Å². The molecule has 0 amide bonds. The van der Waals surface area contributed by atoms with E-state index in [1.165, 1.54) is 4.68 Å². The summed E-state index contributed by atoms with van der Waals surface area (Å²) < 4.78 is 1.26. The summed E-state index contributed by atoms with van der Waals surface area (Å²) in [6.45, 7) is 5.34. The maximum atomic E-state index is 12.3. The van der Waals surface area contributed by atoms with Crippen LogP contribution in [-0.2, 0) is 0 Å². The standard InChI is InChI=1S/C16H14ClN3O/c1-10-8-11(2)20(16(21)15(10)9-18)19-12(3)13-4-6-14(17)7-5-13/h4-8H,1-3H3. The minimum atomic E-state index is -0.400. The molecule has 21 heavy (non-hydrogen) atoms. The molecule has 1 heterocycles. The van der Waals surface area contributed by atoms with Crippen LogP contribution in [0.15, 0.2) is 40.2 Å². The molecule has 4 nitrogen and oxygen atoms in total. The Bertz CT molecular complexity index is 811. The van der Waals surface area contributed by atoms with Gasteiger partial charge in [-0.25, -0.2) is 4.68 Å². The summed E-state index contributed by atoms with van der Waals surface area (Å²) in [6, 6.07) is 10.9. The third-order valence-corrected chi connectivity index (χ3v) is 3.44. The van der Waals surface area contributed by atoms with Gasteiger partial charge in [-0.1, -0.05) is 23.7 Å². The van der Waals surface area contributed by atoms with Crippen LogP contribution in [0.25, 0.3) is 0 Å². The Hall–Kier alpha value is -2.38. The molecule has 1 aromatic heterocycles. The molecule has 106 valence electrons. The second-order valence-electron chi connectivity index (χ2n) is 4.76. The number of hydrogen-bond donors (Lipinski definition) is 0. The maximum absolute atomic E-state index is 12.3. The Morgan fingerprint density at radius 2 is 1.90 bits per heavy atom. The van der Waals surface area contributed by atoms with E-state index in [-0.39, 0.29) is 5.56 Å². The quantitative estimate of drug-likeness (QED) is 0.799. The average Bonchev–Trinajstić information content (AvgIpc) is 2.44. The molecule has 0 saturated carbocycles. The number of pyridine rings is 1. The summed E-state index contributed by atoms with van der Waals surface area (Å²) >= 11 is 5.85. The molecule has 0 aliphatic heterocycles. The van der Waals surface area contributed by atoms with E-state index in [9.17, 15) is 4.79 Å². The van der Waals surface area contributed by atoms with E-state index in [1.807, 2.05) is 18.2 Å². The zero-order valence-electron chi connectivity index (χ0n) is 12.0. The fourth-order valence-electron chi connectivity index (χ4n) is 2.04. The smallest absolute Gasteiger partial charge is 0.266 e. The molecule has 1 aromatic carbocycles. The van der Waals surface area contributed by atoms with Crippen molar-refractivity contribution in [2.24, 2.45) is 5.10 Å². The number of aryl methyl sites for hydroxylation is 2. The second kappa shape index (κ2) is 5.94. The van der Waals surface area contributed by atoms with Gasteiger partial charge in [0.2, 0.25) is 0 Å². The van der Waals surface area contributed by atoms with Crippen LogP contribution in [0, 0.1) is 25.2 Å². The van der Waals surface area contributed by atoms with E-state index >= 15 is 0 Å². The summed E-state index contributed by atoms with van der Waals surface area (Å²) in [4.78, 5) is 12.3. The van der Waals surface area contributed by atoms with Crippen molar-refractivity contribution in [3.63, 3.8) is 0 Å². The number of nitrogens with zero attached hydrogens (tertiary/aromatic N) is 3. The second-order valence-corrected chi connectivity index (χ2v) is 5.20. The van der Waals surface area contributed by atoms with Gasteiger partial charge < -0.3 is 0 Å². The lowest BCUT2D eigenvalue weighted by atomic mass is 10.1. The highest BCUT2D eigenvalue weighted by atomic mass is 35.5. The van der Waals surface area contributed by atoms with Crippen LogP contribution in [0.3, 0.4) is 0 Å². The summed E-state index contributed by atoms with van der Waals surface area (Å²) in [7, 11) is 0. The lowest BCUT2D eigenvalue weighted by Gasteiger charge is -2.08. The number of nitriles is 1. The van der Waals surface area contributed by atoms with Gasteiger partial charge in [-0.05, 0) is 50.1 Å². The van der Waals surface area contributed by atoms with Crippen molar-refractivity contribution in [3.8, 4) is 6.07 Å². The van der Waals surface area contributed by atoms with E-state index in [0.29, 0.717) is 22.0 Å². The molecule has 0 unspecified atom stereocenters. The van der Waals surface area contributed by atoms with Crippen LogP contribution < -0.4 is 5.56 Å². The van der Waals surface area contributed by atoms with Gasteiger partial charge >= 0.3 is 0 Å². The van der Waals surface area contributed by atoms with Crippen molar-refractivity contribution in [1.29, 1.82) is 5.26 Å². The normalized spacial score (nSPS) is 11.3. The molecule has 5 heteroatoms. The molecule has 0 bridgehead atoms. The maximum Gasteiger partial charge on any atom is 0.289 e. The average molecular weight is 300 g/mol. The van der Waals surface area contributed by atoms with Crippen molar-refractivity contribution >= 4 is 17.3 Å². The third kappa shape index (κ3) is 3.04. The highest BCUT2D eigenvalue weighted by Crippen LogP contribution is 2.11. The summed E-state index contributed by atoms with van der Waals surface area (Å²) in [5, 5.41) is 14.0. The van der Waals surface area contributed by atoms with Gasteiger partial charge in [-0.15, -0.1) is 0 Å². The molecule has 0 fully saturated rings. The van der Waals surface area contributed by atoms with Crippen LogP contribution in [0.1, 0.15) is 29.3 Å². The molecular weight excluding hydrogens is 286 g/mol. The SMILES string of the molecule is CC(=Nn1c(C)cc(C)c(C#N)c1=O)c1ccc(Cl)cc1. The first-order valence-electron chi connectivity index (χ1n) is 6.39. The van der Waals surface area contributed by atoms with E-state index in [1.54, 1.807) is 39.0 Å². The highest BCUT2D eigenvalue weighted by Gasteiger charge is 2.10. The Morgan fingerprint density at radius 3 is 2.48 bits per heavy atom. The van der Waals surface area contributed by atoms with Crippen molar-refractivity contribution in [3.05, 3.63) is 68.1 Å². The largest absolute Gasteiger partial charge is 0.289 e.